The van der Waals surface area contributed by atoms with Gasteiger partial charge in [0.2, 0.25) is 0 Å². The van der Waals surface area contributed by atoms with Gasteiger partial charge in [-0.05, 0) is 44.4 Å². The lowest BCUT2D eigenvalue weighted by Gasteiger charge is -2.20. The van der Waals surface area contributed by atoms with Gasteiger partial charge in [-0.2, -0.15) is 0 Å². The highest BCUT2D eigenvalue weighted by molar-refractivity contribution is 5.38. The van der Waals surface area contributed by atoms with Gasteiger partial charge in [-0.3, -0.25) is 0 Å². The Balaban J connectivity index is 2.70. The maximum atomic E-state index is 10.2. The molecule has 0 amide bonds. The van der Waals surface area contributed by atoms with Crippen molar-refractivity contribution in [2.75, 3.05) is 20.3 Å². The molecule has 0 saturated carbocycles. The summed E-state index contributed by atoms with van der Waals surface area (Å²) >= 11 is 0. The van der Waals surface area contributed by atoms with Crippen LogP contribution in [0.5, 0.6) is 0 Å². The van der Waals surface area contributed by atoms with E-state index in [0.29, 0.717) is 13.2 Å². The van der Waals surface area contributed by atoms with E-state index in [0.717, 1.165) is 16.7 Å². The first kappa shape index (κ1) is 15.2. The monoisotopic (exact) mass is 252 g/mol. The number of benzene rings is 1. The lowest BCUT2D eigenvalue weighted by molar-refractivity contribution is -0.0328. The number of aliphatic hydroxyl groups excluding tert-OH is 1. The molecule has 1 N–H and O–H groups in total. The number of aliphatic hydroxyl groups is 1. The molecule has 0 fully saturated rings. The molecule has 0 radical (unpaired) electrons. The summed E-state index contributed by atoms with van der Waals surface area (Å²) in [6.07, 6.45) is -0.583. The van der Waals surface area contributed by atoms with Crippen LogP contribution in [-0.4, -0.2) is 31.5 Å². The topological polar surface area (TPSA) is 38.7 Å². The summed E-state index contributed by atoms with van der Waals surface area (Å²) in [5, 5.41) is 10.2. The third kappa shape index (κ3) is 4.09. The predicted molar refractivity (Wildman–Crippen MR) is 72.9 cm³/mol. The normalized spacial score (nSPS) is 14.6. The summed E-state index contributed by atoms with van der Waals surface area (Å²) in [5.74, 6) is 0. The second-order valence-corrected chi connectivity index (χ2v) is 4.93. The van der Waals surface area contributed by atoms with E-state index in [-0.39, 0.29) is 6.10 Å². The van der Waals surface area contributed by atoms with E-state index in [1.807, 2.05) is 20.8 Å². The van der Waals surface area contributed by atoms with Gasteiger partial charge in [0.15, 0.2) is 0 Å². The summed E-state index contributed by atoms with van der Waals surface area (Å²) in [5.41, 5.74) is 4.42. The van der Waals surface area contributed by atoms with E-state index >= 15 is 0 Å². The summed E-state index contributed by atoms with van der Waals surface area (Å²) < 4.78 is 10.6. The van der Waals surface area contributed by atoms with Gasteiger partial charge in [0, 0.05) is 7.11 Å². The largest absolute Gasteiger partial charge is 0.386 e. The standard InChI is InChI=1S/C15H24O3/c1-10-6-11(2)15(12(3)7-10)14(16)9-18-13(4)8-17-5/h6-7,13-14,16H,8-9H2,1-5H3. The molecule has 0 aliphatic rings. The quantitative estimate of drug-likeness (QED) is 0.846. The van der Waals surface area contributed by atoms with E-state index in [9.17, 15) is 5.11 Å². The van der Waals surface area contributed by atoms with Crippen molar-refractivity contribution in [1.29, 1.82) is 0 Å². The molecule has 1 aromatic carbocycles. The Morgan fingerprint density at radius 3 is 2.17 bits per heavy atom. The molecule has 0 aliphatic heterocycles. The highest BCUT2D eigenvalue weighted by Gasteiger charge is 2.15. The molecule has 2 unspecified atom stereocenters. The Hall–Kier alpha value is -0.900. The van der Waals surface area contributed by atoms with Gasteiger partial charge in [0.25, 0.3) is 0 Å². The second kappa shape index (κ2) is 6.88. The Morgan fingerprint density at radius 1 is 1.11 bits per heavy atom. The predicted octanol–water partition coefficient (Wildman–Crippen LogP) is 2.70. The van der Waals surface area contributed by atoms with Crippen LogP contribution in [0.1, 0.15) is 35.3 Å². The maximum absolute atomic E-state index is 10.2. The zero-order valence-corrected chi connectivity index (χ0v) is 12.0. The van der Waals surface area contributed by atoms with E-state index < -0.39 is 6.10 Å². The number of ether oxygens (including phenoxy) is 2. The third-order valence-electron chi connectivity index (χ3n) is 3.01. The van der Waals surface area contributed by atoms with Crippen LogP contribution in [0.4, 0.5) is 0 Å². The minimum atomic E-state index is -0.579. The molecule has 2 atom stereocenters. The molecule has 0 saturated heterocycles. The summed E-state index contributed by atoms with van der Waals surface area (Å²) in [4.78, 5) is 0. The molecule has 3 nitrogen and oxygen atoms in total. The molecule has 3 heteroatoms. The molecule has 0 spiro atoms. The highest BCUT2D eigenvalue weighted by atomic mass is 16.5. The molecule has 18 heavy (non-hydrogen) atoms. The van der Waals surface area contributed by atoms with Crippen LogP contribution in [0.15, 0.2) is 12.1 Å². The average Bonchev–Trinajstić information content (AvgIpc) is 2.25. The first-order valence-electron chi connectivity index (χ1n) is 6.32. The Kier molecular flexibility index (Phi) is 5.79. The first-order chi connectivity index (χ1) is 8.45. The molecule has 0 aromatic heterocycles. The zero-order valence-electron chi connectivity index (χ0n) is 12.0. The molecular weight excluding hydrogens is 228 g/mol. The fraction of sp³-hybridized carbons (Fsp3) is 0.600. The van der Waals surface area contributed by atoms with Gasteiger partial charge in [0.1, 0.15) is 6.10 Å². The molecule has 0 bridgehead atoms. The maximum Gasteiger partial charge on any atom is 0.103 e. The number of rotatable bonds is 6. The van der Waals surface area contributed by atoms with Gasteiger partial charge < -0.3 is 14.6 Å². The molecule has 0 aliphatic carbocycles. The fourth-order valence-electron chi connectivity index (χ4n) is 2.34. The Bertz CT molecular complexity index is 364. The van der Waals surface area contributed by atoms with Crippen LogP contribution in [-0.2, 0) is 9.47 Å². The van der Waals surface area contributed by atoms with E-state index in [1.54, 1.807) is 7.11 Å². The van der Waals surface area contributed by atoms with Crippen molar-refractivity contribution in [3.63, 3.8) is 0 Å². The average molecular weight is 252 g/mol. The third-order valence-corrected chi connectivity index (χ3v) is 3.01. The van der Waals surface area contributed by atoms with Gasteiger partial charge in [-0.1, -0.05) is 17.7 Å². The Labute approximate surface area is 110 Å². The molecular formula is C15H24O3. The Morgan fingerprint density at radius 2 is 1.67 bits per heavy atom. The summed E-state index contributed by atoms with van der Waals surface area (Å²) in [7, 11) is 1.64. The van der Waals surface area contributed by atoms with Crippen LogP contribution in [0.2, 0.25) is 0 Å². The van der Waals surface area contributed by atoms with Crippen molar-refractivity contribution in [3.8, 4) is 0 Å². The number of hydrogen-bond donors (Lipinski definition) is 1. The first-order valence-corrected chi connectivity index (χ1v) is 6.32. The van der Waals surface area contributed by atoms with Crippen LogP contribution in [0.3, 0.4) is 0 Å². The smallest absolute Gasteiger partial charge is 0.103 e. The van der Waals surface area contributed by atoms with E-state index in [4.69, 9.17) is 9.47 Å². The summed E-state index contributed by atoms with van der Waals surface area (Å²) in [6, 6.07) is 4.17. The van der Waals surface area contributed by atoms with Gasteiger partial charge >= 0.3 is 0 Å². The molecule has 1 aromatic rings. The molecule has 0 heterocycles. The number of methoxy groups -OCH3 is 1. The number of aryl methyl sites for hydroxylation is 3. The van der Waals surface area contributed by atoms with Crippen molar-refractivity contribution >= 4 is 0 Å². The van der Waals surface area contributed by atoms with Crippen molar-refractivity contribution in [2.45, 2.75) is 39.9 Å². The van der Waals surface area contributed by atoms with E-state index in [1.165, 1.54) is 5.56 Å². The van der Waals surface area contributed by atoms with Crippen LogP contribution in [0.25, 0.3) is 0 Å². The van der Waals surface area contributed by atoms with Crippen molar-refractivity contribution in [2.24, 2.45) is 0 Å². The van der Waals surface area contributed by atoms with Crippen molar-refractivity contribution in [3.05, 3.63) is 34.4 Å². The zero-order chi connectivity index (χ0) is 13.7. The van der Waals surface area contributed by atoms with Gasteiger partial charge in [-0.15, -0.1) is 0 Å². The molecule has 102 valence electrons. The SMILES string of the molecule is COCC(C)OCC(O)c1c(C)cc(C)cc1C. The highest BCUT2D eigenvalue weighted by Crippen LogP contribution is 2.24. The van der Waals surface area contributed by atoms with Gasteiger partial charge in [0.05, 0.1) is 19.3 Å². The minimum Gasteiger partial charge on any atom is -0.386 e. The van der Waals surface area contributed by atoms with Gasteiger partial charge in [-0.25, -0.2) is 0 Å². The minimum absolute atomic E-state index is 0.00397. The lowest BCUT2D eigenvalue weighted by atomic mass is 9.96. The van der Waals surface area contributed by atoms with Crippen molar-refractivity contribution < 1.29 is 14.6 Å². The van der Waals surface area contributed by atoms with Crippen LogP contribution in [0, 0.1) is 20.8 Å². The lowest BCUT2D eigenvalue weighted by Crippen LogP contribution is -2.19. The van der Waals surface area contributed by atoms with E-state index in [2.05, 4.69) is 19.1 Å². The second-order valence-electron chi connectivity index (χ2n) is 4.93. The van der Waals surface area contributed by atoms with Crippen molar-refractivity contribution in [1.82, 2.24) is 0 Å². The van der Waals surface area contributed by atoms with Crippen LogP contribution >= 0.6 is 0 Å². The fourth-order valence-corrected chi connectivity index (χ4v) is 2.34. The van der Waals surface area contributed by atoms with Crippen LogP contribution < -0.4 is 0 Å². The molecule has 1 rings (SSSR count). The number of hydrogen-bond acceptors (Lipinski definition) is 3. The summed E-state index contributed by atoms with van der Waals surface area (Å²) in [6.45, 7) is 8.89.